The summed E-state index contributed by atoms with van der Waals surface area (Å²) >= 11 is 0. The summed E-state index contributed by atoms with van der Waals surface area (Å²) in [6.45, 7) is 4.44. The fourth-order valence-corrected chi connectivity index (χ4v) is 3.05. The van der Waals surface area contributed by atoms with E-state index in [1.165, 1.54) is 25.6 Å². The van der Waals surface area contributed by atoms with Gasteiger partial charge in [-0.25, -0.2) is 4.79 Å². The maximum absolute atomic E-state index is 11.5. The number of hydrogen-bond acceptors (Lipinski definition) is 6. The number of hydrogen-bond donors (Lipinski definition) is 1. The van der Waals surface area contributed by atoms with Gasteiger partial charge in [-0.1, -0.05) is 0 Å². The van der Waals surface area contributed by atoms with Crippen molar-refractivity contribution in [3.63, 3.8) is 0 Å². The summed E-state index contributed by atoms with van der Waals surface area (Å²) in [7, 11) is 0. The minimum Gasteiger partial charge on any atom is -0.461 e. The lowest BCUT2D eigenvalue weighted by atomic mass is 10.1. The molecular weight excluding hydrogens is 246 g/mol. The molecule has 0 amide bonds. The number of nitrogens with zero attached hydrogens (tertiary/aromatic N) is 2. The van der Waals surface area contributed by atoms with Gasteiger partial charge in [-0.05, 0) is 32.7 Å². The molecule has 2 aliphatic rings. The monoisotopic (exact) mass is 265 g/mol. The summed E-state index contributed by atoms with van der Waals surface area (Å²) in [6, 6.07) is 1.37. The van der Waals surface area contributed by atoms with Crippen LogP contribution >= 0.6 is 0 Å². The number of esters is 1. The molecule has 2 atom stereocenters. The van der Waals surface area contributed by atoms with Crippen molar-refractivity contribution in [1.82, 2.24) is 9.88 Å². The van der Waals surface area contributed by atoms with E-state index in [0.717, 1.165) is 13.0 Å². The van der Waals surface area contributed by atoms with Crippen molar-refractivity contribution < 1.29 is 13.9 Å². The highest BCUT2D eigenvalue weighted by Gasteiger charge is 2.37. The molecule has 0 saturated carbocycles. The lowest BCUT2D eigenvalue weighted by Crippen LogP contribution is -2.33. The Morgan fingerprint density at radius 3 is 3.32 bits per heavy atom. The van der Waals surface area contributed by atoms with Crippen LogP contribution < -0.4 is 5.32 Å². The molecule has 2 unspecified atom stereocenters. The summed E-state index contributed by atoms with van der Waals surface area (Å²) in [4.78, 5) is 18.1. The molecule has 19 heavy (non-hydrogen) atoms. The van der Waals surface area contributed by atoms with E-state index in [2.05, 4.69) is 15.2 Å². The molecule has 0 spiro atoms. The summed E-state index contributed by atoms with van der Waals surface area (Å²) in [6.07, 6.45) is 4.94. The fraction of sp³-hybridized carbons (Fsp3) is 0.692. The van der Waals surface area contributed by atoms with Gasteiger partial charge in [-0.15, -0.1) is 0 Å². The van der Waals surface area contributed by atoms with E-state index in [1.54, 1.807) is 6.92 Å². The van der Waals surface area contributed by atoms with Gasteiger partial charge < -0.3 is 14.5 Å². The number of rotatable bonds is 4. The lowest BCUT2D eigenvalue weighted by Gasteiger charge is -2.20. The van der Waals surface area contributed by atoms with Gasteiger partial charge in [0.25, 0.3) is 6.01 Å². The van der Waals surface area contributed by atoms with Crippen LogP contribution in [0.2, 0.25) is 0 Å². The van der Waals surface area contributed by atoms with Crippen molar-refractivity contribution in [1.29, 1.82) is 0 Å². The Morgan fingerprint density at radius 1 is 1.58 bits per heavy atom. The number of fused-ring (bicyclic) bond motifs is 1. The molecule has 0 aromatic carbocycles. The Balaban J connectivity index is 1.62. The number of ether oxygens (including phenoxy) is 1. The minimum atomic E-state index is -0.437. The maximum atomic E-state index is 11.5. The molecule has 104 valence electrons. The van der Waals surface area contributed by atoms with Crippen LogP contribution in [0.25, 0.3) is 0 Å². The van der Waals surface area contributed by atoms with Gasteiger partial charge in [0.1, 0.15) is 6.26 Å². The van der Waals surface area contributed by atoms with Gasteiger partial charge in [0.2, 0.25) is 0 Å². The van der Waals surface area contributed by atoms with Crippen molar-refractivity contribution in [2.45, 2.75) is 38.3 Å². The molecule has 2 saturated heterocycles. The largest absolute Gasteiger partial charge is 0.461 e. The molecule has 1 N–H and O–H groups in total. The number of carbonyl (C=O) groups excluding carboxylic acids is 1. The second kappa shape index (κ2) is 5.21. The van der Waals surface area contributed by atoms with Gasteiger partial charge in [0.15, 0.2) is 5.69 Å². The van der Waals surface area contributed by atoms with Crippen LogP contribution in [0.4, 0.5) is 6.01 Å². The first-order chi connectivity index (χ1) is 9.28. The Morgan fingerprint density at radius 2 is 2.47 bits per heavy atom. The molecule has 0 bridgehead atoms. The van der Waals surface area contributed by atoms with E-state index in [1.807, 2.05) is 0 Å². The first-order valence-electron chi connectivity index (χ1n) is 6.91. The fourth-order valence-electron chi connectivity index (χ4n) is 3.05. The van der Waals surface area contributed by atoms with E-state index in [-0.39, 0.29) is 5.69 Å². The minimum absolute atomic E-state index is 0.227. The normalized spacial score (nSPS) is 26.4. The highest BCUT2D eigenvalue weighted by atomic mass is 16.5. The third kappa shape index (κ3) is 2.45. The van der Waals surface area contributed by atoms with Crippen molar-refractivity contribution in [3.8, 4) is 0 Å². The van der Waals surface area contributed by atoms with Gasteiger partial charge >= 0.3 is 5.97 Å². The lowest BCUT2D eigenvalue weighted by molar-refractivity contribution is 0.0519. The van der Waals surface area contributed by atoms with Crippen molar-refractivity contribution in [2.24, 2.45) is 0 Å². The van der Waals surface area contributed by atoms with Crippen LogP contribution in [-0.4, -0.2) is 47.6 Å². The van der Waals surface area contributed by atoms with Crippen molar-refractivity contribution in [3.05, 3.63) is 12.0 Å². The Hall–Kier alpha value is -1.56. The smallest absolute Gasteiger partial charge is 0.360 e. The molecule has 1 aromatic heterocycles. The third-order valence-corrected chi connectivity index (χ3v) is 3.90. The molecular formula is C13H19N3O3. The van der Waals surface area contributed by atoms with Gasteiger partial charge in [0.05, 0.1) is 6.61 Å². The van der Waals surface area contributed by atoms with Gasteiger partial charge in [0, 0.05) is 18.6 Å². The molecule has 0 radical (unpaired) electrons. The third-order valence-electron chi connectivity index (χ3n) is 3.90. The molecule has 3 heterocycles. The Kier molecular flexibility index (Phi) is 3.42. The Labute approximate surface area is 112 Å². The average molecular weight is 265 g/mol. The predicted octanol–water partition coefficient (Wildman–Crippen LogP) is 1.50. The van der Waals surface area contributed by atoms with Crippen LogP contribution in [0.1, 0.15) is 36.7 Å². The number of carbonyl (C=O) groups is 1. The van der Waals surface area contributed by atoms with E-state index >= 15 is 0 Å². The SMILES string of the molecule is CCOC(=O)c1coc(NC2CCN3CCCC23)n1. The second-order valence-electron chi connectivity index (χ2n) is 5.04. The van der Waals surface area contributed by atoms with Crippen LogP contribution in [0.3, 0.4) is 0 Å². The zero-order chi connectivity index (χ0) is 13.2. The summed E-state index contributed by atoms with van der Waals surface area (Å²) in [5.41, 5.74) is 0.227. The number of oxazole rings is 1. The first kappa shape index (κ1) is 12.5. The molecule has 6 nitrogen and oxygen atoms in total. The standard InChI is InChI=1S/C13H19N3O3/c1-2-18-12(17)10-8-19-13(15-10)14-9-5-7-16-6-3-4-11(9)16/h8-9,11H,2-7H2,1H3,(H,14,15). The van der Waals surface area contributed by atoms with E-state index in [4.69, 9.17) is 9.15 Å². The summed E-state index contributed by atoms with van der Waals surface area (Å²) in [5, 5.41) is 3.30. The summed E-state index contributed by atoms with van der Waals surface area (Å²) in [5.74, 6) is -0.437. The number of anilines is 1. The van der Waals surface area contributed by atoms with Crippen molar-refractivity contribution >= 4 is 12.0 Å². The highest BCUT2D eigenvalue weighted by molar-refractivity contribution is 5.87. The molecule has 6 heteroatoms. The first-order valence-corrected chi connectivity index (χ1v) is 6.91. The van der Waals surface area contributed by atoms with E-state index in [0.29, 0.717) is 24.7 Å². The van der Waals surface area contributed by atoms with Crippen LogP contribution in [0, 0.1) is 0 Å². The van der Waals surface area contributed by atoms with Crippen LogP contribution in [0.15, 0.2) is 10.7 Å². The zero-order valence-electron chi connectivity index (χ0n) is 11.1. The number of aromatic nitrogens is 1. The maximum Gasteiger partial charge on any atom is 0.360 e. The van der Waals surface area contributed by atoms with Crippen LogP contribution in [-0.2, 0) is 4.74 Å². The second-order valence-corrected chi connectivity index (χ2v) is 5.04. The molecule has 0 aliphatic carbocycles. The van der Waals surface area contributed by atoms with Crippen molar-refractivity contribution in [2.75, 3.05) is 25.0 Å². The van der Waals surface area contributed by atoms with Gasteiger partial charge in [-0.3, -0.25) is 4.90 Å². The van der Waals surface area contributed by atoms with Crippen LogP contribution in [0.5, 0.6) is 0 Å². The average Bonchev–Trinajstić information content (AvgIpc) is 3.08. The van der Waals surface area contributed by atoms with Gasteiger partial charge in [-0.2, -0.15) is 4.98 Å². The molecule has 2 fully saturated rings. The number of nitrogens with one attached hydrogen (secondary N) is 1. The Bertz CT molecular complexity index is 460. The topological polar surface area (TPSA) is 67.6 Å². The molecule has 3 rings (SSSR count). The van der Waals surface area contributed by atoms with E-state index in [9.17, 15) is 4.79 Å². The summed E-state index contributed by atoms with van der Waals surface area (Å²) < 4.78 is 10.2. The van der Waals surface area contributed by atoms with E-state index < -0.39 is 5.97 Å². The molecule has 2 aliphatic heterocycles. The zero-order valence-corrected chi connectivity index (χ0v) is 11.1. The highest BCUT2D eigenvalue weighted by Crippen LogP contribution is 2.29. The predicted molar refractivity (Wildman–Crippen MR) is 69.1 cm³/mol. The quantitative estimate of drug-likeness (QED) is 0.832. The molecule has 1 aromatic rings.